The van der Waals surface area contributed by atoms with Gasteiger partial charge in [-0.1, -0.05) is 0 Å². The predicted octanol–water partition coefficient (Wildman–Crippen LogP) is 0.840. The molecule has 0 aromatic heterocycles. The zero-order chi connectivity index (χ0) is 12.1. The summed E-state index contributed by atoms with van der Waals surface area (Å²) >= 11 is 0. The van der Waals surface area contributed by atoms with Crippen molar-refractivity contribution in [1.82, 2.24) is 0 Å². The van der Waals surface area contributed by atoms with Gasteiger partial charge in [0.2, 0.25) is 0 Å². The van der Waals surface area contributed by atoms with E-state index in [1.54, 1.807) is 0 Å². The standard InChI is InChI=1S/C5H4F6O4/c6-4(7,8)2(12)1-3(13,15-14-2)5(9,10)11/h12-13H,1H2/t2-,3-/m0/s1. The van der Waals surface area contributed by atoms with Gasteiger partial charge in [-0.15, -0.1) is 0 Å². The molecule has 1 heterocycles. The van der Waals surface area contributed by atoms with Gasteiger partial charge in [0.25, 0.3) is 0 Å². The first-order valence-electron chi connectivity index (χ1n) is 3.36. The SMILES string of the molecule is O[C@@]1(C(F)(F)F)C[C@@](O)(C(F)(F)F)OO1. The van der Waals surface area contributed by atoms with E-state index >= 15 is 0 Å². The Labute approximate surface area is 77.9 Å². The highest BCUT2D eigenvalue weighted by atomic mass is 19.4. The molecule has 0 aromatic rings. The second-order valence-electron chi connectivity index (χ2n) is 2.91. The van der Waals surface area contributed by atoms with Crippen LogP contribution in [0.1, 0.15) is 6.42 Å². The predicted molar refractivity (Wildman–Crippen MR) is 28.8 cm³/mol. The van der Waals surface area contributed by atoms with Gasteiger partial charge in [0.05, 0.1) is 6.42 Å². The topological polar surface area (TPSA) is 58.9 Å². The third kappa shape index (κ3) is 1.89. The summed E-state index contributed by atoms with van der Waals surface area (Å²) in [4.78, 5) is 6.22. The van der Waals surface area contributed by atoms with E-state index in [0.29, 0.717) is 0 Å². The minimum absolute atomic E-state index is 2.20. The molecule has 0 saturated carbocycles. The second kappa shape index (κ2) is 2.97. The minimum atomic E-state index is -5.51. The van der Waals surface area contributed by atoms with Crippen LogP contribution < -0.4 is 0 Å². The van der Waals surface area contributed by atoms with Crippen molar-refractivity contribution in [2.24, 2.45) is 0 Å². The fraction of sp³-hybridized carbons (Fsp3) is 1.00. The van der Waals surface area contributed by atoms with Crippen molar-refractivity contribution in [1.29, 1.82) is 0 Å². The second-order valence-corrected chi connectivity index (χ2v) is 2.91. The van der Waals surface area contributed by atoms with Crippen LogP contribution in [0.5, 0.6) is 0 Å². The minimum Gasteiger partial charge on any atom is -0.356 e. The molecular weight excluding hydrogens is 238 g/mol. The zero-order valence-corrected chi connectivity index (χ0v) is 6.69. The maximum absolute atomic E-state index is 11.9. The summed E-state index contributed by atoms with van der Waals surface area (Å²) in [5.41, 5.74) is 0. The molecule has 1 saturated heterocycles. The molecule has 1 aliphatic heterocycles. The lowest BCUT2D eigenvalue weighted by Crippen LogP contribution is -2.50. The first-order chi connectivity index (χ1) is 6.41. The fourth-order valence-corrected chi connectivity index (χ4v) is 0.817. The first-order valence-corrected chi connectivity index (χ1v) is 3.36. The average molecular weight is 242 g/mol. The molecule has 4 nitrogen and oxygen atoms in total. The van der Waals surface area contributed by atoms with Gasteiger partial charge >= 0.3 is 23.9 Å². The molecule has 2 N–H and O–H groups in total. The largest absolute Gasteiger partial charge is 0.446 e. The lowest BCUT2D eigenvalue weighted by Gasteiger charge is -2.23. The van der Waals surface area contributed by atoms with Gasteiger partial charge in [0.1, 0.15) is 0 Å². The Bertz CT molecular complexity index is 235. The Morgan fingerprint density at radius 3 is 1.20 bits per heavy atom. The smallest absolute Gasteiger partial charge is 0.356 e. The molecule has 0 spiro atoms. The van der Waals surface area contributed by atoms with Crippen LogP contribution in [-0.2, 0) is 9.78 Å². The van der Waals surface area contributed by atoms with Crippen molar-refractivity contribution in [2.45, 2.75) is 30.3 Å². The van der Waals surface area contributed by atoms with E-state index in [9.17, 15) is 26.3 Å². The van der Waals surface area contributed by atoms with E-state index in [-0.39, 0.29) is 0 Å². The van der Waals surface area contributed by atoms with E-state index in [2.05, 4.69) is 9.78 Å². The summed E-state index contributed by atoms with van der Waals surface area (Å²) in [6.45, 7) is 0. The number of alkyl halides is 6. The highest BCUT2D eigenvalue weighted by Crippen LogP contribution is 2.49. The van der Waals surface area contributed by atoms with Crippen molar-refractivity contribution >= 4 is 0 Å². The average Bonchev–Trinajstić information content (AvgIpc) is 2.26. The van der Waals surface area contributed by atoms with Crippen LogP contribution in [0.4, 0.5) is 26.3 Å². The molecular formula is C5H4F6O4. The van der Waals surface area contributed by atoms with Crippen LogP contribution in [0.15, 0.2) is 0 Å². The summed E-state index contributed by atoms with van der Waals surface area (Å²) in [5, 5.41) is 17.2. The van der Waals surface area contributed by atoms with Gasteiger partial charge in [0, 0.05) is 0 Å². The molecule has 0 aliphatic carbocycles. The molecule has 0 aromatic carbocycles. The maximum atomic E-state index is 11.9. The lowest BCUT2D eigenvalue weighted by molar-refractivity contribution is -0.493. The monoisotopic (exact) mass is 242 g/mol. The Hall–Kier alpha value is -0.580. The maximum Gasteiger partial charge on any atom is 0.446 e. The van der Waals surface area contributed by atoms with Gasteiger partial charge in [-0.25, -0.2) is 0 Å². The molecule has 1 rings (SSSR count). The number of hydrogen-bond acceptors (Lipinski definition) is 4. The normalized spacial score (nSPS) is 38.4. The number of halogens is 6. The summed E-state index contributed by atoms with van der Waals surface area (Å²) in [7, 11) is 0. The summed E-state index contributed by atoms with van der Waals surface area (Å²) < 4.78 is 71.7. The summed E-state index contributed by atoms with van der Waals surface area (Å²) in [6, 6.07) is 0. The van der Waals surface area contributed by atoms with Crippen LogP contribution in [-0.4, -0.2) is 34.1 Å². The van der Waals surface area contributed by atoms with Gasteiger partial charge < -0.3 is 10.2 Å². The fourth-order valence-electron chi connectivity index (χ4n) is 0.817. The van der Waals surface area contributed by atoms with E-state index in [1.165, 1.54) is 0 Å². The third-order valence-corrected chi connectivity index (χ3v) is 1.68. The van der Waals surface area contributed by atoms with Crippen LogP contribution in [0, 0.1) is 0 Å². The van der Waals surface area contributed by atoms with Crippen molar-refractivity contribution in [3.63, 3.8) is 0 Å². The van der Waals surface area contributed by atoms with E-state index in [1.807, 2.05) is 0 Å². The Kier molecular flexibility index (Phi) is 2.47. The van der Waals surface area contributed by atoms with Gasteiger partial charge in [0.15, 0.2) is 0 Å². The van der Waals surface area contributed by atoms with Crippen molar-refractivity contribution in [3.8, 4) is 0 Å². The lowest BCUT2D eigenvalue weighted by atomic mass is 10.1. The van der Waals surface area contributed by atoms with Crippen LogP contribution in [0.25, 0.3) is 0 Å². The molecule has 2 atom stereocenters. The molecule has 0 amide bonds. The number of hydrogen-bond donors (Lipinski definition) is 2. The van der Waals surface area contributed by atoms with E-state index in [0.717, 1.165) is 0 Å². The van der Waals surface area contributed by atoms with Gasteiger partial charge in [-0.3, -0.25) is 0 Å². The molecule has 90 valence electrons. The molecule has 10 heteroatoms. The molecule has 0 unspecified atom stereocenters. The molecule has 0 radical (unpaired) electrons. The van der Waals surface area contributed by atoms with E-state index in [4.69, 9.17) is 10.2 Å². The first kappa shape index (κ1) is 12.5. The van der Waals surface area contributed by atoms with Crippen molar-refractivity contribution < 1.29 is 46.3 Å². The Morgan fingerprint density at radius 2 is 1.07 bits per heavy atom. The summed E-state index contributed by atoms with van der Waals surface area (Å²) in [6.07, 6.45) is -13.2. The Morgan fingerprint density at radius 1 is 0.800 bits per heavy atom. The highest BCUT2D eigenvalue weighted by Gasteiger charge is 2.73. The number of aliphatic hydroxyl groups is 2. The summed E-state index contributed by atoms with van der Waals surface area (Å²) in [5.74, 6) is -8.34. The van der Waals surface area contributed by atoms with Crippen molar-refractivity contribution in [2.75, 3.05) is 0 Å². The molecule has 15 heavy (non-hydrogen) atoms. The number of rotatable bonds is 0. The van der Waals surface area contributed by atoms with Crippen molar-refractivity contribution in [3.05, 3.63) is 0 Å². The molecule has 0 bridgehead atoms. The van der Waals surface area contributed by atoms with Gasteiger partial charge in [-0.05, 0) is 0 Å². The third-order valence-electron chi connectivity index (χ3n) is 1.68. The molecule has 1 aliphatic rings. The van der Waals surface area contributed by atoms with Gasteiger partial charge in [-0.2, -0.15) is 36.1 Å². The van der Waals surface area contributed by atoms with Crippen LogP contribution in [0.3, 0.4) is 0 Å². The van der Waals surface area contributed by atoms with E-state index < -0.39 is 30.3 Å². The highest BCUT2D eigenvalue weighted by molar-refractivity contribution is 4.90. The molecule has 1 fully saturated rings. The zero-order valence-electron chi connectivity index (χ0n) is 6.69. The van der Waals surface area contributed by atoms with Crippen LogP contribution >= 0.6 is 0 Å². The quantitative estimate of drug-likeness (QED) is 0.488. The Balaban J connectivity index is 2.93. The van der Waals surface area contributed by atoms with Crippen LogP contribution in [0.2, 0.25) is 0 Å².